The molecule has 0 aromatic heterocycles. The maximum atomic E-state index is 13.2. The van der Waals surface area contributed by atoms with E-state index in [4.69, 9.17) is 64.9 Å². The number of carbonyl (C=O) groups excluding carboxylic acids is 2. The van der Waals surface area contributed by atoms with Gasteiger partial charge in [-0.15, -0.1) is 6.42 Å². The average Bonchev–Trinajstić information content (AvgIpc) is 3.29. The molecule has 7 atom stereocenters. The van der Waals surface area contributed by atoms with E-state index in [0.29, 0.717) is 0 Å². The minimum Gasteiger partial charge on any atom is -0.457 e. The molecule has 1 amide bonds. The Morgan fingerprint density at radius 1 is 1.22 bits per heavy atom. The summed E-state index contributed by atoms with van der Waals surface area (Å²) in [5.41, 5.74) is -1.70. The maximum Gasteiger partial charge on any atom is 0.303 e. The number of ether oxygens (including phenoxy) is 5. The Balaban J connectivity index is 1.85. The summed E-state index contributed by atoms with van der Waals surface area (Å²) < 4.78 is 28.5. The third kappa shape index (κ3) is 5.46. The molecule has 2 saturated heterocycles. The first-order chi connectivity index (χ1) is 17.2. The summed E-state index contributed by atoms with van der Waals surface area (Å²) in [5.74, 6) is -0.266. The van der Waals surface area contributed by atoms with Gasteiger partial charge in [0.1, 0.15) is 29.5 Å². The summed E-state index contributed by atoms with van der Waals surface area (Å²) in [4.78, 5) is 25.4. The zero-order valence-electron chi connectivity index (χ0n) is 21.0. The Morgan fingerprint density at radius 2 is 1.89 bits per heavy atom. The van der Waals surface area contributed by atoms with Gasteiger partial charge in [0.05, 0.1) is 19.3 Å². The van der Waals surface area contributed by atoms with Crippen molar-refractivity contribution in [1.82, 2.24) is 5.32 Å². The molecule has 4 rings (SSSR count). The minimum atomic E-state index is -2.29. The van der Waals surface area contributed by atoms with Gasteiger partial charge in [0.25, 0.3) is 9.70 Å². The fraction of sp³-hybridized carbons (Fsp3) is 0.615. The van der Waals surface area contributed by atoms with Crippen molar-refractivity contribution >= 4 is 46.7 Å². The molecule has 3 aliphatic rings. The number of amides is 1. The van der Waals surface area contributed by atoms with Crippen LogP contribution in [0.5, 0.6) is 0 Å². The van der Waals surface area contributed by atoms with Crippen LogP contribution in [0, 0.1) is 18.3 Å². The number of terminal acetylenes is 1. The lowest BCUT2D eigenvalue weighted by Gasteiger charge is -2.53. The van der Waals surface area contributed by atoms with Crippen molar-refractivity contribution in [2.45, 2.75) is 85.9 Å². The monoisotopic (exact) mass is 573 g/mol. The highest BCUT2D eigenvalue weighted by atomic mass is 35.6. The van der Waals surface area contributed by atoms with Crippen LogP contribution in [0.4, 0.5) is 0 Å². The van der Waals surface area contributed by atoms with E-state index in [9.17, 15) is 9.59 Å². The van der Waals surface area contributed by atoms with E-state index >= 15 is 0 Å². The lowest BCUT2D eigenvalue weighted by Crippen LogP contribution is -2.74. The third-order valence-corrected chi connectivity index (χ3v) is 7.69. The summed E-state index contributed by atoms with van der Waals surface area (Å²) in [7, 11) is 0. The number of halogens is 3. The third-order valence-electron chi connectivity index (χ3n) is 7.17. The molecule has 2 bridgehead atoms. The van der Waals surface area contributed by atoms with Crippen molar-refractivity contribution in [2.24, 2.45) is 5.92 Å². The van der Waals surface area contributed by atoms with Gasteiger partial charge in [-0.1, -0.05) is 71.1 Å². The molecule has 2 heterocycles. The van der Waals surface area contributed by atoms with Crippen molar-refractivity contribution in [1.29, 1.82) is 0 Å². The quantitative estimate of drug-likeness (QED) is 0.315. The largest absolute Gasteiger partial charge is 0.457 e. The maximum absolute atomic E-state index is 13.2. The SMILES string of the molecule is C#C[C@H]1O[C@H]2C(OCc3ccccc3)[C@]1(NC(=O)C(Cl)(Cl)Cl)[C@@H]([C@H]1COC(C)(C)O1)C[C@]2(C)OC(C)=O. The van der Waals surface area contributed by atoms with Crippen LogP contribution < -0.4 is 5.32 Å². The molecule has 3 fully saturated rings. The van der Waals surface area contributed by atoms with E-state index in [0.717, 1.165) is 5.56 Å². The first kappa shape index (κ1) is 28.4. The number of benzene rings is 1. The molecule has 8 nitrogen and oxygen atoms in total. The zero-order valence-corrected chi connectivity index (χ0v) is 23.2. The molecular weight excluding hydrogens is 545 g/mol. The normalized spacial score (nSPS) is 36.5. The molecule has 1 unspecified atom stereocenters. The molecule has 1 aromatic carbocycles. The summed E-state index contributed by atoms with van der Waals surface area (Å²) >= 11 is 18.0. The van der Waals surface area contributed by atoms with Gasteiger partial charge in [-0.3, -0.25) is 9.59 Å². The molecule has 11 heteroatoms. The molecule has 1 aliphatic carbocycles. The highest BCUT2D eigenvalue weighted by molar-refractivity contribution is 6.76. The Bertz CT molecular complexity index is 1070. The Kier molecular flexibility index (Phi) is 7.84. The Labute approximate surface area is 231 Å². The standard InChI is InChI=1S/C26H30Cl3NO7/c1-6-19-25(30-22(32)26(27,28)29)17(18-14-34-23(3,4)37-18)12-24(5,36-15(2)31)20(35-19)21(25)33-13-16-10-8-7-9-11-16/h1,7-11,17-21H,12-14H2,2-5H3,(H,30,32)/t17-,18-,19-,20+,21?,24+,25+/m1/s1. The van der Waals surface area contributed by atoms with Crippen LogP contribution in [0.1, 0.15) is 39.7 Å². The highest BCUT2D eigenvalue weighted by Gasteiger charge is 2.73. The van der Waals surface area contributed by atoms with Crippen LogP contribution in [0.25, 0.3) is 0 Å². The lowest BCUT2D eigenvalue weighted by atomic mass is 9.62. The van der Waals surface area contributed by atoms with Gasteiger partial charge in [0.15, 0.2) is 5.79 Å². The van der Waals surface area contributed by atoms with Crippen LogP contribution in [0.2, 0.25) is 0 Å². The minimum absolute atomic E-state index is 0.157. The molecule has 1 saturated carbocycles. The second-order valence-electron chi connectivity index (χ2n) is 10.3. The molecular formula is C26H30Cl3NO7. The predicted octanol–water partition coefficient (Wildman–Crippen LogP) is 3.69. The molecule has 202 valence electrons. The number of rotatable bonds is 6. The fourth-order valence-corrected chi connectivity index (χ4v) is 5.90. The van der Waals surface area contributed by atoms with E-state index in [2.05, 4.69) is 11.2 Å². The van der Waals surface area contributed by atoms with Crippen molar-refractivity contribution in [3.05, 3.63) is 35.9 Å². The number of hydrogen-bond acceptors (Lipinski definition) is 7. The van der Waals surface area contributed by atoms with Crippen LogP contribution in [-0.2, 0) is 39.9 Å². The van der Waals surface area contributed by atoms with Crippen molar-refractivity contribution in [3.8, 4) is 12.3 Å². The summed E-state index contributed by atoms with van der Waals surface area (Å²) in [6.45, 7) is 6.98. The first-order valence-corrected chi connectivity index (χ1v) is 13.0. The van der Waals surface area contributed by atoms with E-state index in [1.165, 1.54) is 6.92 Å². The second kappa shape index (κ2) is 10.2. The van der Waals surface area contributed by atoms with Crippen LogP contribution >= 0.6 is 34.8 Å². The van der Waals surface area contributed by atoms with Crippen LogP contribution in [0.15, 0.2) is 30.3 Å². The average molecular weight is 575 g/mol. The number of nitrogens with one attached hydrogen (secondary N) is 1. The topological polar surface area (TPSA) is 92.3 Å². The first-order valence-electron chi connectivity index (χ1n) is 11.9. The number of hydrogen-bond donors (Lipinski definition) is 1. The van der Waals surface area contributed by atoms with Gasteiger partial charge in [-0.2, -0.15) is 0 Å². The number of alkyl halides is 3. The lowest BCUT2D eigenvalue weighted by molar-refractivity contribution is -0.207. The molecule has 0 radical (unpaired) electrons. The van der Waals surface area contributed by atoms with Gasteiger partial charge < -0.3 is 29.0 Å². The number of fused-ring (bicyclic) bond motifs is 2. The van der Waals surface area contributed by atoms with Gasteiger partial charge in [-0.05, 0) is 32.8 Å². The highest BCUT2D eigenvalue weighted by Crippen LogP contribution is 2.55. The Hall–Kier alpha value is -1.57. The van der Waals surface area contributed by atoms with Gasteiger partial charge in [0, 0.05) is 12.8 Å². The summed E-state index contributed by atoms with van der Waals surface area (Å²) in [6, 6.07) is 9.45. The molecule has 37 heavy (non-hydrogen) atoms. The van der Waals surface area contributed by atoms with E-state index in [1.54, 1.807) is 20.8 Å². The summed E-state index contributed by atoms with van der Waals surface area (Å²) in [6.07, 6.45) is 2.83. The number of esters is 1. The molecule has 1 N–H and O–H groups in total. The van der Waals surface area contributed by atoms with Crippen molar-refractivity contribution < 1.29 is 33.3 Å². The second-order valence-corrected chi connectivity index (χ2v) is 12.6. The van der Waals surface area contributed by atoms with E-state index in [-0.39, 0.29) is 19.6 Å². The smallest absolute Gasteiger partial charge is 0.303 e. The fourth-order valence-electron chi connectivity index (χ4n) is 5.76. The Morgan fingerprint density at radius 3 is 2.43 bits per heavy atom. The molecule has 1 aromatic rings. The van der Waals surface area contributed by atoms with Crippen molar-refractivity contribution in [2.75, 3.05) is 6.61 Å². The van der Waals surface area contributed by atoms with Crippen LogP contribution in [-0.4, -0.2) is 63.6 Å². The molecule has 2 aliphatic heterocycles. The van der Waals surface area contributed by atoms with E-state index < -0.39 is 62.9 Å². The van der Waals surface area contributed by atoms with Gasteiger partial charge in [-0.25, -0.2) is 0 Å². The summed E-state index contributed by atoms with van der Waals surface area (Å²) in [5, 5.41) is 2.89. The predicted molar refractivity (Wildman–Crippen MR) is 137 cm³/mol. The van der Waals surface area contributed by atoms with Crippen LogP contribution in [0.3, 0.4) is 0 Å². The number of carbonyl (C=O) groups is 2. The van der Waals surface area contributed by atoms with Crippen molar-refractivity contribution in [3.63, 3.8) is 0 Å². The van der Waals surface area contributed by atoms with Gasteiger partial charge in [0.2, 0.25) is 0 Å². The molecule has 0 spiro atoms. The van der Waals surface area contributed by atoms with E-state index in [1.807, 2.05) is 30.3 Å². The van der Waals surface area contributed by atoms with Gasteiger partial charge >= 0.3 is 5.97 Å². The zero-order chi connectivity index (χ0) is 27.2.